The van der Waals surface area contributed by atoms with E-state index < -0.39 is 41.9 Å². The van der Waals surface area contributed by atoms with Gasteiger partial charge in [-0.3, -0.25) is 19.4 Å². The standard InChI is InChI=1S/C34H38N4O5/c1-22-30(25-14-8-6-9-15-25)37(33(41)35(22)3)29(39)21-27(19-24-13-12-18-28(20-24)43-5)32(40)38-31(23(2)36(4)34(38)42)26-16-10-7-11-17-26/h6-18,20,22-23,27,30-31H,19,21H2,1-5H3/t22-,23-,27+,30-,31-/m0/s1. The van der Waals surface area contributed by atoms with Gasteiger partial charge in [-0.25, -0.2) is 9.59 Å². The average molecular weight is 583 g/mol. The quantitative estimate of drug-likeness (QED) is 0.360. The molecule has 5 rings (SSSR count). The van der Waals surface area contributed by atoms with E-state index in [4.69, 9.17) is 4.74 Å². The van der Waals surface area contributed by atoms with Crippen LogP contribution in [0.2, 0.25) is 0 Å². The van der Waals surface area contributed by atoms with E-state index >= 15 is 0 Å². The highest BCUT2D eigenvalue weighted by atomic mass is 16.5. The third-order valence-corrected chi connectivity index (χ3v) is 8.88. The lowest BCUT2D eigenvalue weighted by Crippen LogP contribution is -2.44. The number of ether oxygens (including phenoxy) is 1. The number of amides is 6. The molecule has 2 saturated heterocycles. The number of hydrogen-bond acceptors (Lipinski definition) is 5. The summed E-state index contributed by atoms with van der Waals surface area (Å²) in [5, 5.41) is 0. The van der Waals surface area contributed by atoms with Gasteiger partial charge < -0.3 is 14.5 Å². The lowest BCUT2D eigenvalue weighted by molar-refractivity contribution is -0.139. The summed E-state index contributed by atoms with van der Waals surface area (Å²) in [4.78, 5) is 61.3. The van der Waals surface area contributed by atoms with Crippen molar-refractivity contribution in [3.05, 3.63) is 102 Å². The van der Waals surface area contributed by atoms with Gasteiger partial charge in [-0.2, -0.15) is 0 Å². The molecular weight excluding hydrogens is 544 g/mol. The minimum Gasteiger partial charge on any atom is -0.497 e. The number of urea groups is 2. The van der Waals surface area contributed by atoms with Gasteiger partial charge in [-0.15, -0.1) is 0 Å². The number of rotatable bonds is 8. The Balaban J connectivity index is 1.52. The molecule has 224 valence electrons. The molecule has 2 fully saturated rings. The van der Waals surface area contributed by atoms with Gasteiger partial charge in [0.15, 0.2) is 0 Å². The van der Waals surface area contributed by atoms with Gasteiger partial charge in [-0.1, -0.05) is 72.8 Å². The molecule has 0 unspecified atom stereocenters. The van der Waals surface area contributed by atoms with Crippen LogP contribution in [-0.4, -0.2) is 76.8 Å². The van der Waals surface area contributed by atoms with Crippen molar-refractivity contribution in [3.63, 3.8) is 0 Å². The van der Waals surface area contributed by atoms with Gasteiger partial charge in [0.05, 0.1) is 37.2 Å². The molecule has 9 heteroatoms. The molecule has 2 aliphatic heterocycles. The van der Waals surface area contributed by atoms with Crippen LogP contribution >= 0.6 is 0 Å². The third-order valence-electron chi connectivity index (χ3n) is 8.88. The molecule has 0 aliphatic carbocycles. The molecular formula is C34H38N4O5. The molecule has 0 N–H and O–H groups in total. The second kappa shape index (κ2) is 12.3. The summed E-state index contributed by atoms with van der Waals surface area (Å²) in [5.74, 6) is -1.19. The average Bonchev–Trinajstić information content (AvgIpc) is 3.40. The topological polar surface area (TPSA) is 90.5 Å². The van der Waals surface area contributed by atoms with Gasteiger partial charge >= 0.3 is 12.1 Å². The van der Waals surface area contributed by atoms with Gasteiger partial charge in [0.1, 0.15) is 5.75 Å². The molecule has 5 atom stereocenters. The van der Waals surface area contributed by atoms with E-state index in [0.29, 0.717) is 5.75 Å². The van der Waals surface area contributed by atoms with Gasteiger partial charge in [-0.05, 0) is 49.1 Å². The molecule has 6 amide bonds. The molecule has 9 nitrogen and oxygen atoms in total. The van der Waals surface area contributed by atoms with Crippen LogP contribution in [-0.2, 0) is 16.0 Å². The van der Waals surface area contributed by atoms with E-state index in [1.165, 1.54) is 9.80 Å². The molecule has 3 aromatic carbocycles. The largest absolute Gasteiger partial charge is 0.497 e. The third kappa shape index (κ3) is 5.59. The SMILES string of the molecule is COc1cccc(C[C@H](CC(=O)N2C(=O)N(C)[C@@H](C)[C@H]2c2ccccc2)C(=O)N2C(=O)N(C)[C@@H](C)[C@H]2c2ccccc2)c1. The van der Waals surface area contributed by atoms with Crippen molar-refractivity contribution in [1.29, 1.82) is 0 Å². The van der Waals surface area contributed by atoms with Crippen LogP contribution in [0.3, 0.4) is 0 Å². The zero-order valence-electron chi connectivity index (χ0n) is 25.2. The number of hydrogen-bond donors (Lipinski definition) is 0. The Hall–Kier alpha value is -4.66. The maximum atomic E-state index is 14.5. The number of imide groups is 2. The van der Waals surface area contributed by atoms with E-state index in [-0.39, 0.29) is 24.9 Å². The van der Waals surface area contributed by atoms with Crippen molar-refractivity contribution in [2.75, 3.05) is 21.2 Å². The minimum absolute atomic E-state index is 0.189. The highest BCUT2D eigenvalue weighted by Crippen LogP contribution is 2.38. The molecule has 0 aromatic heterocycles. The first-order valence-corrected chi connectivity index (χ1v) is 14.6. The number of carbonyl (C=O) groups is 4. The van der Waals surface area contributed by atoms with Crippen molar-refractivity contribution >= 4 is 23.9 Å². The van der Waals surface area contributed by atoms with Crippen LogP contribution in [0.4, 0.5) is 9.59 Å². The Morgan fingerprint density at radius 1 is 0.744 bits per heavy atom. The van der Waals surface area contributed by atoms with Crippen molar-refractivity contribution in [1.82, 2.24) is 19.6 Å². The van der Waals surface area contributed by atoms with E-state index in [0.717, 1.165) is 16.7 Å². The van der Waals surface area contributed by atoms with Crippen LogP contribution in [0.1, 0.15) is 49.0 Å². The molecule has 43 heavy (non-hydrogen) atoms. The maximum absolute atomic E-state index is 14.5. The Labute approximate surface area is 252 Å². The normalized spacial score (nSPS) is 22.7. The van der Waals surface area contributed by atoms with Crippen molar-refractivity contribution in [2.24, 2.45) is 5.92 Å². The fourth-order valence-corrected chi connectivity index (χ4v) is 6.27. The Morgan fingerprint density at radius 2 is 1.26 bits per heavy atom. The predicted molar refractivity (Wildman–Crippen MR) is 162 cm³/mol. The summed E-state index contributed by atoms with van der Waals surface area (Å²) in [6.07, 6.45) is -0.0519. The summed E-state index contributed by atoms with van der Waals surface area (Å²) >= 11 is 0. The second-order valence-electron chi connectivity index (χ2n) is 11.4. The Morgan fingerprint density at radius 3 is 1.79 bits per heavy atom. The Kier molecular flexibility index (Phi) is 8.52. The van der Waals surface area contributed by atoms with Crippen molar-refractivity contribution < 1.29 is 23.9 Å². The molecule has 3 aromatic rings. The van der Waals surface area contributed by atoms with E-state index in [9.17, 15) is 19.2 Å². The molecule has 0 saturated carbocycles. The summed E-state index contributed by atoms with van der Waals surface area (Å²) in [6.45, 7) is 3.82. The zero-order chi connectivity index (χ0) is 30.8. The van der Waals surface area contributed by atoms with Crippen LogP contribution in [0.25, 0.3) is 0 Å². The summed E-state index contributed by atoms with van der Waals surface area (Å²) in [5.41, 5.74) is 2.46. The van der Waals surface area contributed by atoms with E-state index in [1.807, 2.05) is 98.8 Å². The molecule has 0 bridgehead atoms. The van der Waals surface area contributed by atoms with Gasteiger partial charge in [0.25, 0.3) is 0 Å². The van der Waals surface area contributed by atoms with Gasteiger partial charge in [0.2, 0.25) is 11.8 Å². The number of carbonyl (C=O) groups excluding carboxylic acids is 4. The highest BCUT2D eigenvalue weighted by Gasteiger charge is 2.49. The summed E-state index contributed by atoms with van der Waals surface area (Å²) in [6, 6.07) is 23.8. The monoisotopic (exact) mass is 582 g/mol. The Bertz CT molecular complexity index is 1500. The molecule has 0 spiro atoms. The highest BCUT2D eigenvalue weighted by molar-refractivity contribution is 6.02. The maximum Gasteiger partial charge on any atom is 0.327 e. The number of methoxy groups -OCH3 is 1. The van der Waals surface area contributed by atoms with Crippen molar-refractivity contribution in [2.45, 2.75) is 50.9 Å². The fraction of sp³-hybridized carbons (Fsp3) is 0.353. The fourth-order valence-electron chi connectivity index (χ4n) is 6.27. The van der Waals surface area contributed by atoms with E-state index in [2.05, 4.69) is 0 Å². The number of likely N-dealkylation sites (N-methyl/N-ethyl adjacent to an activating group) is 2. The van der Waals surface area contributed by atoms with Crippen molar-refractivity contribution in [3.8, 4) is 5.75 Å². The van der Waals surface area contributed by atoms with Crippen LogP contribution in [0, 0.1) is 5.92 Å². The number of benzene rings is 3. The first-order chi connectivity index (χ1) is 20.6. The lowest BCUT2D eigenvalue weighted by Gasteiger charge is -2.29. The molecule has 2 aliphatic rings. The summed E-state index contributed by atoms with van der Waals surface area (Å²) in [7, 11) is 4.93. The van der Waals surface area contributed by atoms with Crippen LogP contribution in [0.15, 0.2) is 84.9 Å². The van der Waals surface area contributed by atoms with Crippen LogP contribution < -0.4 is 4.74 Å². The van der Waals surface area contributed by atoms with Crippen LogP contribution in [0.5, 0.6) is 5.75 Å². The van der Waals surface area contributed by atoms with Gasteiger partial charge in [0, 0.05) is 20.5 Å². The second-order valence-corrected chi connectivity index (χ2v) is 11.4. The predicted octanol–water partition coefficient (Wildman–Crippen LogP) is 5.29. The minimum atomic E-state index is -0.904. The smallest absolute Gasteiger partial charge is 0.327 e. The first kappa shape index (κ1) is 29.8. The first-order valence-electron chi connectivity index (χ1n) is 14.6. The lowest BCUT2D eigenvalue weighted by atomic mass is 9.91. The van der Waals surface area contributed by atoms with E-state index in [1.54, 1.807) is 31.0 Å². The molecule has 2 heterocycles. The molecule has 0 radical (unpaired) electrons. The zero-order valence-corrected chi connectivity index (χ0v) is 25.2. The number of nitrogens with zero attached hydrogens (tertiary/aromatic N) is 4. The summed E-state index contributed by atoms with van der Waals surface area (Å²) < 4.78 is 5.40.